The second kappa shape index (κ2) is 11.2. The van der Waals surface area contributed by atoms with Crippen LogP contribution in [0.5, 0.6) is 5.75 Å². The van der Waals surface area contributed by atoms with Crippen LogP contribution in [0.1, 0.15) is 54.3 Å². The van der Waals surface area contributed by atoms with Gasteiger partial charge in [-0.15, -0.1) is 0 Å². The molecule has 0 aliphatic carbocycles. The first kappa shape index (κ1) is 25.7. The molecular formula is C31H32N2O5. The van der Waals surface area contributed by atoms with Gasteiger partial charge in [-0.3, -0.25) is 14.7 Å². The first-order valence-corrected chi connectivity index (χ1v) is 13.1. The number of methoxy groups -OCH3 is 1. The lowest BCUT2D eigenvalue weighted by Gasteiger charge is -2.50. The third-order valence-electron chi connectivity index (χ3n) is 7.53. The lowest BCUT2D eigenvalue weighted by atomic mass is 9.73. The van der Waals surface area contributed by atoms with E-state index < -0.39 is 6.10 Å². The second-order valence-corrected chi connectivity index (χ2v) is 9.83. The minimum Gasteiger partial charge on any atom is -0.497 e. The number of esters is 2. The highest BCUT2D eigenvalue weighted by Gasteiger charge is 2.44. The number of hydrogen-bond acceptors (Lipinski definition) is 7. The zero-order chi connectivity index (χ0) is 26.6. The van der Waals surface area contributed by atoms with Crippen LogP contribution in [0.3, 0.4) is 0 Å². The van der Waals surface area contributed by atoms with E-state index >= 15 is 0 Å². The Morgan fingerprint density at radius 3 is 2.66 bits per heavy atom. The first-order chi connectivity index (χ1) is 18.5. The van der Waals surface area contributed by atoms with Crippen molar-refractivity contribution in [3.63, 3.8) is 0 Å². The standard InChI is InChI=1S/C31H32N2O5/c1-4-37-31(35)22-8-5-21(6-9-22)7-10-24-19-33-16-14-23(24)17-29(33)30(38-20(2)34)26-13-15-32-28-12-11-25(36-3)18-27(26)28/h5-6,8-9,11-13,15,18,23-24,29-30H,4,14,16-17,19H2,1-3H3/t23-,24-,29+,30-/m0/s1. The molecule has 3 aromatic rings. The van der Waals surface area contributed by atoms with Gasteiger partial charge in [0.05, 0.1) is 30.8 Å². The number of hydrogen-bond donors (Lipinski definition) is 0. The van der Waals surface area contributed by atoms with Gasteiger partial charge in [0.1, 0.15) is 11.9 Å². The molecule has 0 amide bonds. The van der Waals surface area contributed by atoms with E-state index in [2.05, 4.69) is 21.7 Å². The minimum absolute atomic E-state index is 0.0661. The zero-order valence-electron chi connectivity index (χ0n) is 22.0. The SMILES string of the molecule is CCOC(=O)c1ccc(C#C[C@H]2CN3CC[C@H]2C[C@@H]3[C@@H](OC(C)=O)c2ccnc3ccc(OC)cc23)cc1. The summed E-state index contributed by atoms with van der Waals surface area (Å²) in [7, 11) is 1.64. The lowest BCUT2D eigenvalue weighted by molar-refractivity contribution is -0.154. The van der Waals surface area contributed by atoms with E-state index in [1.54, 1.807) is 32.4 Å². The predicted molar refractivity (Wildman–Crippen MR) is 144 cm³/mol. The molecule has 2 aromatic carbocycles. The molecule has 5 atom stereocenters. The molecule has 196 valence electrons. The Bertz CT molecular complexity index is 1390. The Morgan fingerprint density at radius 2 is 1.97 bits per heavy atom. The van der Waals surface area contributed by atoms with Crippen molar-refractivity contribution in [2.24, 2.45) is 11.8 Å². The van der Waals surface area contributed by atoms with Gasteiger partial charge in [-0.2, -0.15) is 0 Å². The Labute approximate surface area is 223 Å². The average Bonchev–Trinajstić information content (AvgIpc) is 2.95. The van der Waals surface area contributed by atoms with Crippen LogP contribution in [0.15, 0.2) is 54.7 Å². The van der Waals surface area contributed by atoms with E-state index in [0.717, 1.165) is 53.7 Å². The smallest absolute Gasteiger partial charge is 0.338 e. The number of fused-ring (bicyclic) bond motifs is 4. The summed E-state index contributed by atoms with van der Waals surface area (Å²) >= 11 is 0. The summed E-state index contributed by atoms with van der Waals surface area (Å²) < 4.78 is 16.5. The minimum atomic E-state index is -0.405. The van der Waals surface area contributed by atoms with Crippen molar-refractivity contribution >= 4 is 22.8 Å². The molecule has 3 aliphatic rings. The number of pyridine rings is 1. The fraction of sp³-hybridized carbons (Fsp3) is 0.387. The molecule has 1 unspecified atom stereocenters. The molecule has 0 saturated carbocycles. The molecule has 0 spiro atoms. The van der Waals surface area contributed by atoms with Crippen LogP contribution < -0.4 is 4.74 Å². The topological polar surface area (TPSA) is 78.0 Å². The van der Waals surface area contributed by atoms with E-state index in [1.165, 1.54) is 6.92 Å². The largest absolute Gasteiger partial charge is 0.497 e. The number of aromatic nitrogens is 1. The molecule has 6 rings (SSSR count). The molecule has 1 aromatic heterocycles. The van der Waals surface area contributed by atoms with E-state index in [9.17, 15) is 9.59 Å². The third kappa shape index (κ3) is 5.36. The Balaban J connectivity index is 1.37. The number of nitrogens with zero attached hydrogens (tertiary/aromatic N) is 2. The van der Waals surface area contributed by atoms with Crippen LogP contribution in [0, 0.1) is 23.7 Å². The van der Waals surface area contributed by atoms with E-state index in [4.69, 9.17) is 14.2 Å². The van der Waals surface area contributed by atoms with Crippen molar-refractivity contribution in [3.8, 4) is 17.6 Å². The quantitative estimate of drug-likeness (QED) is 0.347. The molecule has 4 heterocycles. The summed E-state index contributed by atoms with van der Waals surface area (Å²) in [5.74, 6) is 7.56. The maximum Gasteiger partial charge on any atom is 0.338 e. The van der Waals surface area contributed by atoms with Gasteiger partial charge in [0.25, 0.3) is 0 Å². The predicted octanol–water partition coefficient (Wildman–Crippen LogP) is 4.79. The number of ether oxygens (including phenoxy) is 3. The van der Waals surface area contributed by atoms with Gasteiger partial charge in [0.15, 0.2) is 0 Å². The summed E-state index contributed by atoms with van der Waals surface area (Å²) in [5.41, 5.74) is 3.20. The second-order valence-electron chi connectivity index (χ2n) is 9.83. The van der Waals surface area contributed by atoms with Gasteiger partial charge >= 0.3 is 11.9 Å². The molecule has 0 N–H and O–H groups in total. The summed E-state index contributed by atoms with van der Waals surface area (Å²) in [6, 6.07) is 15.0. The summed E-state index contributed by atoms with van der Waals surface area (Å²) in [6.07, 6.45) is 3.33. The number of carbonyl (C=O) groups is 2. The lowest BCUT2D eigenvalue weighted by Crippen LogP contribution is -2.55. The van der Waals surface area contributed by atoms with E-state index in [1.807, 2.05) is 36.4 Å². The molecule has 7 nitrogen and oxygen atoms in total. The van der Waals surface area contributed by atoms with Crippen LogP contribution in [0.4, 0.5) is 0 Å². The first-order valence-electron chi connectivity index (χ1n) is 13.1. The van der Waals surface area contributed by atoms with Gasteiger partial charge in [0, 0.05) is 42.1 Å². The van der Waals surface area contributed by atoms with Gasteiger partial charge in [0.2, 0.25) is 0 Å². The van der Waals surface area contributed by atoms with Crippen molar-refractivity contribution < 1.29 is 23.8 Å². The third-order valence-corrected chi connectivity index (χ3v) is 7.53. The summed E-state index contributed by atoms with van der Waals surface area (Å²) in [4.78, 5) is 31.1. The molecule has 3 saturated heterocycles. The molecule has 3 aliphatic heterocycles. The van der Waals surface area contributed by atoms with Gasteiger partial charge in [-0.1, -0.05) is 11.8 Å². The monoisotopic (exact) mass is 512 g/mol. The normalized spacial score (nSPS) is 22.7. The van der Waals surface area contributed by atoms with E-state index in [-0.39, 0.29) is 23.9 Å². The van der Waals surface area contributed by atoms with Crippen LogP contribution in [-0.4, -0.2) is 54.7 Å². The van der Waals surface area contributed by atoms with Crippen molar-refractivity contribution in [2.45, 2.75) is 38.8 Å². The molecule has 38 heavy (non-hydrogen) atoms. The maximum absolute atomic E-state index is 12.2. The van der Waals surface area contributed by atoms with Gasteiger partial charge < -0.3 is 14.2 Å². The van der Waals surface area contributed by atoms with Crippen LogP contribution in [-0.2, 0) is 14.3 Å². The van der Waals surface area contributed by atoms with Crippen LogP contribution in [0.2, 0.25) is 0 Å². The Kier molecular flexibility index (Phi) is 7.62. The highest BCUT2D eigenvalue weighted by molar-refractivity contribution is 5.89. The number of benzene rings is 2. The number of rotatable bonds is 6. The summed E-state index contributed by atoms with van der Waals surface area (Å²) in [6.45, 7) is 5.39. The van der Waals surface area contributed by atoms with Crippen LogP contribution in [0.25, 0.3) is 10.9 Å². The van der Waals surface area contributed by atoms with Crippen molar-refractivity contribution in [1.82, 2.24) is 9.88 Å². The molecular weight excluding hydrogens is 480 g/mol. The summed E-state index contributed by atoms with van der Waals surface area (Å²) in [5, 5.41) is 0.934. The van der Waals surface area contributed by atoms with Gasteiger partial charge in [-0.25, -0.2) is 4.79 Å². The Hall–Kier alpha value is -3.89. The molecule has 2 bridgehead atoms. The van der Waals surface area contributed by atoms with Crippen molar-refractivity contribution in [1.29, 1.82) is 0 Å². The number of carbonyl (C=O) groups excluding carboxylic acids is 2. The Morgan fingerprint density at radius 1 is 1.16 bits per heavy atom. The highest BCUT2D eigenvalue weighted by atomic mass is 16.5. The zero-order valence-corrected chi connectivity index (χ0v) is 22.0. The van der Waals surface area contributed by atoms with Crippen molar-refractivity contribution in [3.05, 3.63) is 71.4 Å². The van der Waals surface area contributed by atoms with Gasteiger partial charge in [-0.05, 0) is 80.8 Å². The number of piperidine rings is 3. The maximum atomic E-state index is 12.2. The molecule has 7 heteroatoms. The van der Waals surface area contributed by atoms with E-state index in [0.29, 0.717) is 18.1 Å². The highest BCUT2D eigenvalue weighted by Crippen LogP contribution is 2.43. The fourth-order valence-corrected chi connectivity index (χ4v) is 5.68. The molecule has 3 fully saturated rings. The molecule has 0 radical (unpaired) electrons. The fourth-order valence-electron chi connectivity index (χ4n) is 5.68. The van der Waals surface area contributed by atoms with Crippen molar-refractivity contribution in [2.75, 3.05) is 26.8 Å². The van der Waals surface area contributed by atoms with Crippen LogP contribution >= 0.6 is 0 Å². The average molecular weight is 513 g/mol.